The smallest absolute Gasteiger partial charge is 0.162 e. The highest BCUT2D eigenvalue weighted by atomic mass is 32.1. The van der Waals surface area contributed by atoms with Crippen LogP contribution in [0.5, 0.6) is 0 Å². The van der Waals surface area contributed by atoms with Gasteiger partial charge in [-0.1, -0.05) is 6.07 Å². The molecule has 0 radical (unpaired) electrons. The lowest BCUT2D eigenvalue weighted by atomic mass is 10.4. The Morgan fingerprint density at radius 2 is 2.44 bits per heavy atom. The molecule has 1 atom stereocenters. The maximum absolute atomic E-state index is 5.24. The van der Waals surface area contributed by atoms with Crippen molar-refractivity contribution in [1.29, 1.82) is 0 Å². The number of aliphatic imine (C=N–C) groups is 1. The predicted molar refractivity (Wildman–Crippen MR) is 71.3 cm³/mol. The minimum atomic E-state index is 0.175. The van der Waals surface area contributed by atoms with Crippen LogP contribution in [0.3, 0.4) is 0 Å². The van der Waals surface area contributed by atoms with Gasteiger partial charge in [-0.2, -0.15) is 5.10 Å². The molecular formula is C11H14N4O2S. The molecule has 0 fully saturated rings. The van der Waals surface area contributed by atoms with Gasteiger partial charge in [0.15, 0.2) is 5.84 Å². The highest BCUT2D eigenvalue weighted by Crippen LogP contribution is 2.11. The van der Waals surface area contributed by atoms with Crippen molar-refractivity contribution in [3.8, 4) is 0 Å². The lowest BCUT2D eigenvalue weighted by Gasteiger charge is -2.18. The maximum atomic E-state index is 5.24. The van der Waals surface area contributed by atoms with Crippen molar-refractivity contribution in [2.75, 3.05) is 6.54 Å². The highest BCUT2D eigenvalue weighted by Gasteiger charge is 2.12. The fourth-order valence-electron chi connectivity index (χ4n) is 1.20. The minimum Gasteiger partial charge on any atom is -0.373 e. The normalized spacial score (nSPS) is 20.7. The Kier molecular flexibility index (Phi) is 4.74. The zero-order valence-electron chi connectivity index (χ0n) is 9.87. The molecule has 3 rings (SSSR count). The summed E-state index contributed by atoms with van der Waals surface area (Å²) in [4.78, 5) is 15.2. The molecule has 1 unspecified atom stereocenters. The van der Waals surface area contributed by atoms with Crippen molar-refractivity contribution in [3.05, 3.63) is 34.7 Å². The second kappa shape index (κ2) is 6.77. The first kappa shape index (κ1) is 12.6. The lowest BCUT2D eigenvalue weighted by molar-refractivity contribution is 0.0185. The van der Waals surface area contributed by atoms with Crippen molar-refractivity contribution in [2.45, 2.75) is 13.0 Å². The van der Waals surface area contributed by atoms with Crippen LogP contribution >= 0.6 is 11.3 Å². The fourth-order valence-corrected chi connectivity index (χ4v) is 1.87. The van der Waals surface area contributed by atoms with Crippen LogP contribution in [0, 0.1) is 0 Å². The van der Waals surface area contributed by atoms with Gasteiger partial charge in [0.25, 0.3) is 0 Å². The molecule has 0 amide bonds. The highest BCUT2D eigenvalue weighted by molar-refractivity contribution is 7.12. The van der Waals surface area contributed by atoms with E-state index in [1.165, 1.54) is 6.26 Å². The number of nitrogens with one attached hydrogen (secondary N) is 2. The Hall–Kier alpha value is -1.86. The largest absolute Gasteiger partial charge is 0.373 e. The molecule has 96 valence electrons. The van der Waals surface area contributed by atoms with Gasteiger partial charge >= 0.3 is 0 Å². The number of hydroxylamine groups is 1. The van der Waals surface area contributed by atoms with Gasteiger partial charge in [0, 0.05) is 0 Å². The molecule has 2 aliphatic rings. The van der Waals surface area contributed by atoms with Crippen LogP contribution in [0.15, 0.2) is 39.9 Å². The van der Waals surface area contributed by atoms with Gasteiger partial charge < -0.3 is 4.84 Å². The quantitative estimate of drug-likeness (QED) is 0.807. The summed E-state index contributed by atoms with van der Waals surface area (Å²) in [7, 11) is 0. The standard InChI is InChI=1S/C8H10N2OS.C3H4N2O/c1-6-5-9-8(10-11-6)7-3-2-4-12-7;1-2-4-5-6-3-1/h2-4,6H,5H2,1H3,(H,9,10);1-3,5H. The van der Waals surface area contributed by atoms with Crippen LogP contribution in [0.25, 0.3) is 0 Å². The minimum absolute atomic E-state index is 0.175. The number of nitrogens with zero attached hydrogens (tertiary/aromatic N) is 2. The average molecular weight is 266 g/mol. The van der Waals surface area contributed by atoms with E-state index >= 15 is 0 Å². The third kappa shape index (κ3) is 3.86. The molecule has 3 heterocycles. The van der Waals surface area contributed by atoms with E-state index in [-0.39, 0.29) is 6.10 Å². The SMILES string of the molecule is C1=CONN=C1.CC1CN=C(c2cccs2)NO1. The number of hydrogen-bond acceptors (Lipinski definition) is 7. The summed E-state index contributed by atoms with van der Waals surface area (Å²) in [6, 6.07) is 4.03. The average Bonchev–Trinajstić information content (AvgIpc) is 2.96. The Bertz CT molecular complexity index is 430. The first-order chi connectivity index (χ1) is 8.86. The monoisotopic (exact) mass is 266 g/mol. The fraction of sp³-hybridized carbons (Fsp3) is 0.273. The van der Waals surface area contributed by atoms with E-state index in [0.717, 1.165) is 17.3 Å². The van der Waals surface area contributed by atoms with Gasteiger partial charge in [0.05, 0.1) is 17.6 Å². The van der Waals surface area contributed by atoms with Crippen LogP contribution < -0.4 is 11.1 Å². The summed E-state index contributed by atoms with van der Waals surface area (Å²) >= 11 is 1.66. The van der Waals surface area contributed by atoms with E-state index in [1.54, 1.807) is 23.6 Å². The molecule has 0 saturated heterocycles. The Balaban J connectivity index is 0.000000169. The third-order valence-electron chi connectivity index (χ3n) is 2.03. The van der Waals surface area contributed by atoms with Gasteiger partial charge in [0.1, 0.15) is 12.4 Å². The molecule has 7 heteroatoms. The molecule has 1 aromatic rings. The van der Waals surface area contributed by atoms with Gasteiger partial charge in [-0.25, -0.2) is 5.48 Å². The second-order valence-corrected chi connectivity index (χ2v) is 4.46. The summed E-state index contributed by atoms with van der Waals surface area (Å²) in [6.45, 7) is 2.72. The number of hydrazone groups is 1. The van der Waals surface area contributed by atoms with Crippen molar-refractivity contribution in [2.24, 2.45) is 10.1 Å². The third-order valence-corrected chi connectivity index (χ3v) is 2.91. The van der Waals surface area contributed by atoms with Crippen LogP contribution in [-0.4, -0.2) is 24.7 Å². The Morgan fingerprint density at radius 3 is 2.89 bits per heavy atom. The first-order valence-corrected chi connectivity index (χ1v) is 6.33. The second-order valence-electron chi connectivity index (χ2n) is 3.51. The molecule has 0 saturated carbocycles. The van der Waals surface area contributed by atoms with Gasteiger partial charge in [-0.15, -0.1) is 16.9 Å². The zero-order valence-corrected chi connectivity index (χ0v) is 10.7. The molecule has 0 bridgehead atoms. The molecule has 0 aromatic carbocycles. The number of thiophene rings is 1. The van der Waals surface area contributed by atoms with E-state index in [2.05, 4.69) is 26.0 Å². The molecule has 6 nitrogen and oxygen atoms in total. The molecule has 2 N–H and O–H groups in total. The van der Waals surface area contributed by atoms with Crippen molar-refractivity contribution < 1.29 is 9.68 Å². The van der Waals surface area contributed by atoms with Gasteiger partial charge in [0.2, 0.25) is 0 Å². The summed E-state index contributed by atoms with van der Waals surface area (Å²) < 4.78 is 0. The lowest BCUT2D eigenvalue weighted by Crippen LogP contribution is -2.35. The van der Waals surface area contributed by atoms with Crippen LogP contribution in [0.4, 0.5) is 0 Å². The molecule has 0 spiro atoms. The van der Waals surface area contributed by atoms with Crippen LogP contribution in [-0.2, 0) is 9.68 Å². The van der Waals surface area contributed by atoms with Gasteiger partial charge in [-0.05, 0) is 24.4 Å². The topological polar surface area (TPSA) is 67.2 Å². The van der Waals surface area contributed by atoms with E-state index in [9.17, 15) is 0 Å². The van der Waals surface area contributed by atoms with E-state index in [4.69, 9.17) is 4.84 Å². The predicted octanol–water partition coefficient (Wildman–Crippen LogP) is 1.44. The van der Waals surface area contributed by atoms with E-state index in [1.807, 2.05) is 24.4 Å². The molecular weight excluding hydrogens is 252 g/mol. The molecule has 1 aromatic heterocycles. The summed E-state index contributed by atoms with van der Waals surface area (Å²) in [6.07, 6.45) is 4.97. The summed E-state index contributed by atoms with van der Waals surface area (Å²) in [5.41, 5.74) is 5.10. The number of rotatable bonds is 1. The van der Waals surface area contributed by atoms with Gasteiger partial charge in [-0.3, -0.25) is 9.83 Å². The number of hydrogen-bond donors (Lipinski definition) is 2. The zero-order chi connectivity index (χ0) is 12.6. The van der Waals surface area contributed by atoms with E-state index < -0.39 is 0 Å². The number of allylic oxidation sites excluding steroid dienone is 1. The van der Waals surface area contributed by atoms with Crippen molar-refractivity contribution in [3.63, 3.8) is 0 Å². The first-order valence-electron chi connectivity index (χ1n) is 5.45. The maximum Gasteiger partial charge on any atom is 0.162 e. The number of amidine groups is 1. The van der Waals surface area contributed by atoms with Crippen LogP contribution in [0.2, 0.25) is 0 Å². The molecule has 2 aliphatic heterocycles. The Morgan fingerprint density at radius 1 is 1.50 bits per heavy atom. The molecule has 18 heavy (non-hydrogen) atoms. The molecule has 0 aliphatic carbocycles. The van der Waals surface area contributed by atoms with E-state index in [0.29, 0.717) is 0 Å². The van der Waals surface area contributed by atoms with Crippen molar-refractivity contribution in [1.82, 2.24) is 11.1 Å². The van der Waals surface area contributed by atoms with Crippen molar-refractivity contribution >= 4 is 23.4 Å². The van der Waals surface area contributed by atoms with Crippen LogP contribution in [0.1, 0.15) is 11.8 Å². The summed E-state index contributed by atoms with van der Waals surface area (Å²) in [5, 5.41) is 5.52. The summed E-state index contributed by atoms with van der Waals surface area (Å²) in [5.74, 6) is 0.850. The Labute approximate surface area is 109 Å².